The summed E-state index contributed by atoms with van der Waals surface area (Å²) in [4.78, 5) is 14.9. The molecular weight excluding hydrogens is 343 g/mol. The Labute approximate surface area is 152 Å². The van der Waals surface area contributed by atoms with Gasteiger partial charge in [0.15, 0.2) is 0 Å². The number of rotatable bonds is 3. The molecule has 0 spiro atoms. The standard InChI is InChI=1S/C19H20Cl2N2O/c20-15-7-5-14(6-8-15)19(24)22-17-13-16(21)9-10-18(17)23-11-3-1-2-4-12-23/h5-10,13H,1-4,11-12H2,(H,22,24). The molecule has 1 aliphatic heterocycles. The average Bonchev–Trinajstić information content (AvgIpc) is 2.85. The van der Waals surface area contributed by atoms with E-state index in [1.54, 1.807) is 24.3 Å². The molecule has 0 aliphatic carbocycles. The lowest BCUT2D eigenvalue weighted by atomic mass is 10.2. The second-order valence-electron chi connectivity index (χ2n) is 6.02. The molecule has 24 heavy (non-hydrogen) atoms. The highest BCUT2D eigenvalue weighted by Gasteiger charge is 2.16. The fourth-order valence-electron chi connectivity index (χ4n) is 2.99. The van der Waals surface area contributed by atoms with Crippen molar-refractivity contribution in [3.05, 3.63) is 58.1 Å². The van der Waals surface area contributed by atoms with E-state index in [4.69, 9.17) is 23.2 Å². The number of carbonyl (C=O) groups is 1. The van der Waals surface area contributed by atoms with E-state index in [0.29, 0.717) is 15.6 Å². The molecule has 1 saturated heterocycles. The lowest BCUT2D eigenvalue weighted by Crippen LogP contribution is -2.25. The second-order valence-corrected chi connectivity index (χ2v) is 6.90. The van der Waals surface area contributed by atoms with Crippen molar-refractivity contribution in [2.45, 2.75) is 25.7 Å². The monoisotopic (exact) mass is 362 g/mol. The predicted molar refractivity (Wildman–Crippen MR) is 102 cm³/mol. The van der Waals surface area contributed by atoms with Crippen LogP contribution in [0.3, 0.4) is 0 Å². The Morgan fingerprint density at radius 2 is 1.50 bits per heavy atom. The molecule has 1 aliphatic rings. The summed E-state index contributed by atoms with van der Waals surface area (Å²) in [7, 11) is 0. The van der Waals surface area contributed by atoms with Crippen molar-refractivity contribution in [3.8, 4) is 0 Å². The van der Waals surface area contributed by atoms with E-state index in [1.807, 2.05) is 18.2 Å². The molecule has 0 unspecified atom stereocenters. The Balaban J connectivity index is 1.84. The molecular formula is C19H20Cl2N2O. The number of nitrogens with zero attached hydrogens (tertiary/aromatic N) is 1. The summed E-state index contributed by atoms with van der Waals surface area (Å²) in [5, 5.41) is 4.22. The fourth-order valence-corrected chi connectivity index (χ4v) is 3.29. The third-order valence-electron chi connectivity index (χ3n) is 4.26. The first-order valence-corrected chi connectivity index (χ1v) is 9.00. The van der Waals surface area contributed by atoms with Crippen LogP contribution in [-0.2, 0) is 0 Å². The third-order valence-corrected chi connectivity index (χ3v) is 4.75. The van der Waals surface area contributed by atoms with Crippen LogP contribution < -0.4 is 10.2 Å². The van der Waals surface area contributed by atoms with Crippen molar-refractivity contribution in [3.63, 3.8) is 0 Å². The number of carbonyl (C=O) groups excluding carboxylic acids is 1. The fraction of sp³-hybridized carbons (Fsp3) is 0.316. The van der Waals surface area contributed by atoms with Crippen LogP contribution >= 0.6 is 23.2 Å². The smallest absolute Gasteiger partial charge is 0.255 e. The van der Waals surface area contributed by atoms with E-state index in [-0.39, 0.29) is 5.91 Å². The third kappa shape index (κ3) is 4.22. The van der Waals surface area contributed by atoms with Gasteiger partial charge in [-0.3, -0.25) is 4.79 Å². The molecule has 1 N–H and O–H groups in total. The lowest BCUT2D eigenvalue weighted by molar-refractivity contribution is 0.102. The van der Waals surface area contributed by atoms with E-state index < -0.39 is 0 Å². The first-order valence-electron chi connectivity index (χ1n) is 8.25. The normalized spacial score (nSPS) is 15.0. The predicted octanol–water partition coefficient (Wildman–Crippen LogP) is 5.63. The number of hydrogen-bond donors (Lipinski definition) is 1. The van der Waals surface area contributed by atoms with Crippen LogP contribution in [0.4, 0.5) is 11.4 Å². The molecule has 0 bridgehead atoms. The maximum atomic E-state index is 12.5. The number of benzene rings is 2. The van der Waals surface area contributed by atoms with Crippen molar-refractivity contribution in [2.75, 3.05) is 23.3 Å². The molecule has 0 radical (unpaired) electrons. The van der Waals surface area contributed by atoms with Crippen molar-refractivity contribution in [1.29, 1.82) is 0 Å². The van der Waals surface area contributed by atoms with Crippen LogP contribution in [0.1, 0.15) is 36.0 Å². The van der Waals surface area contributed by atoms with Crippen molar-refractivity contribution in [2.24, 2.45) is 0 Å². The molecule has 1 heterocycles. The quantitative estimate of drug-likeness (QED) is 0.767. The Kier molecular flexibility index (Phi) is 5.64. The van der Waals surface area contributed by atoms with E-state index in [1.165, 1.54) is 25.7 Å². The zero-order chi connectivity index (χ0) is 16.9. The van der Waals surface area contributed by atoms with Gasteiger partial charge in [0, 0.05) is 28.7 Å². The van der Waals surface area contributed by atoms with Crippen LogP contribution in [0.2, 0.25) is 10.0 Å². The van der Waals surface area contributed by atoms with Gasteiger partial charge in [-0.05, 0) is 55.3 Å². The Bertz CT molecular complexity index is 708. The van der Waals surface area contributed by atoms with Crippen molar-refractivity contribution >= 4 is 40.5 Å². The number of hydrogen-bond acceptors (Lipinski definition) is 2. The van der Waals surface area contributed by atoms with Gasteiger partial charge in [-0.25, -0.2) is 0 Å². The van der Waals surface area contributed by atoms with E-state index in [0.717, 1.165) is 24.5 Å². The van der Waals surface area contributed by atoms with Crippen LogP contribution in [0.25, 0.3) is 0 Å². The van der Waals surface area contributed by atoms with Crippen LogP contribution in [0, 0.1) is 0 Å². The summed E-state index contributed by atoms with van der Waals surface area (Å²) in [5.41, 5.74) is 2.36. The molecule has 2 aromatic carbocycles. The lowest BCUT2D eigenvalue weighted by Gasteiger charge is -2.25. The topological polar surface area (TPSA) is 32.3 Å². The van der Waals surface area contributed by atoms with E-state index >= 15 is 0 Å². The van der Waals surface area contributed by atoms with Crippen molar-refractivity contribution < 1.29 is 4.79 Å². The maximum absolute atomic E-state index is 12.5. The first kappa shape index (κ1) is 17.1. The molecule has 0 atom stereocenters. The zero-order valence-electron chi connectivity index (χ0n) is 13.4. The van der Waals surface area contributed by atoms with Gasteiger partial charge in [0.2, 0.25) is 0 Å². The molecule has 1 amide bonds. The van der Waals surface area contributed by atoms with Crippen molar-refractivity contribution in [1.82, 2.24) is 0 Å². The van der Waals surface area contributed by atoms with Crippen LogP contribution in [-0.4, -0.2) is 19.0 Å². The minimum Gasteiger partial charge on any atom is -0.370 e. The Morgan fingerprint density at radius 3 is 2.17 bits per heavy atom. The highest BCUT2D eigenvalue weighted by Crippen LogP contribution is 2.31. The van der Waals surface area contributed by atoms with Crippen LogP contribution in [0.15, 0.2) is 42.5 Å². The summed E-state index contributed by atoms with van der Waals surface area (Å²) in [6, 6.07) is 12.5. The maximum Gasteiger partial charge on any atom is 0.255 e. The molecule has 3 rings (SSSR count). The van der Waals surface area contributed by atoms with Gasteiger partial charge in [0.25, 0.3) is 5.91 Å². The van der Waals surface area contributed by atoms with Gasteiger partial charge >= 0.3 is 0 Å². The van der Waals surface area contributed by atoms with Gasteiger partial charge in [-0.15, -0.1) is 0 Å². The van der Waals surface area contributed by atoms with Gasteiger partial charge in [0.05, 0.1) is 11.4 Å². The summed E-state index contributed by atoms with van der Waals surface area (Å²) >= 11 is 12.0. The minimum absolute atomic E-state index is 0.162. The summed E-state index contributed by atoms with van der Waals surface area (Å²) in [6.45, 7) is 2.01. The molecule has 1 fully saturated rings. The van der Waals surface area contributed by atoms with Gasteiger partial charge in [-0.1, -0.05) is 36.0 Å². The SMILES string of the molecule is O=C(Nc1cc(Cl)ccc1N1CCCCCC1)c1ccc(Cl)cc1. The number of anilines is 2. The average molecular weight is 363 g/mol. The molecule has 0 saturated carbocycles. The summed E-state index contributed by atoms with van der Waals surface area (Å²) in [6.07, 6.45) is 4.87. The molecule has 0 aromatic heterocycles. The highest BCUT2D eigenvalue weighted by atomic mass is 35.5. The summed E-state index contributed by atoms with van der Waals surface area (Å²) in [5.74, 6) is -0.162. The first-order chi connectivity index (χ1) is 11.6. The molecule has 2 aromatic rings. The Morgan fingerprint density at radius 1 is 0.875 bits per heavy atom. The van der Waals surface area contributed by atoms with Gasteiger partial charge in [0.1, 0.15) is 0 Å². The largest absolute Gasteiger partial charge is 0.370 e. The van der Waals surface area contributed by atoms with E-state index in [9.17, 15) is 4.79 Å². The number of amides is 1. The molecule has 3 nitrogen and oxygen atoms in total. The molecule has 126 valence electrons. The second kappa shape index (κ2) is 7.91. The Hall–Kier alpha value is -1.71. The van der Waals surface area contributed by atoms with Gasteiger partial charge in [-0.2, -0.15) is 0 Å². The van der Waals surface area contributed by atoms with E-state index in [2.05, 4.69) is 10.2 Å². The van der Waals surface area contributed by atoms with Gasteiger partial charge < -0.3 is 10.2 Å². The number of nitrogens with one attached hydrogen (secondary N) is 1. The number of halogens is 2. The minimum atomic E-state index is -0.162. The highest BCUT2D eigenvalue weighted by molar-refractivity contribution is 6.31. The van der Waals surface area contributed by atoms with Crippen LogP contribution in [0.5, 0.6) is 0 Å². The zero-order valence-corrected chi connectivity index (χ0v) is 14.9. The molecule has 5 heteroatoms. The summed E-state index contributed by atoms with van der Waals surface area (Å²) < 4.78 is 0.